The Kier molecular flexibility index (Phi) is 7.41. The quantitative estimate of drug-likeness (QED) is 0.238. The highest BCUT2D eigenvalue weighted by atomic mass is 16.5. The Hall–Kier alpha value is -4.60. The number of nitrogens with one attached hydrogen (secondary N) is 4. The lowest BCUT2D eigenvalue weighted by molar-refractivity contribution is -0.142. The molecule has 180 valence electrons. The zero-order valence-corrected chi connectivity index (χ0v) is 18.7. The van der Waals surface area contributed by atoms with Gasteiger partial charge in [-0.3, -0.25) is 4.79 Å². The van der Waals surface area contributed by atoms with Gasteiger partial charge < -0.3 is 30.4 Å². The second-order valence-electron chi connectivity index (χ2n) is 8.00. The molecule has 0 bridgehead atoms. The van der Waals surface area contributed by atoms with Crippen LogP contribution >= 0.6 is 0 Å². The number of fused-ring (bicyclic) bond motifs is 1. The number of imidazole rings is 1. The monoisotopic (exact) mass is 475 g/mol. The summed E-state index contributed by atoms with van der Waals surface area (Å²) in [4.78, 5) is 47.4. The standard InChI is InChI=1S/C25H25N5O5/c31-23(29-22(24(32)33)10-17-12-27-20-9-5-4-8-19(17)20)21(11-18-13-26-15-28-18)30-25(34)35-14-16-6-2-1-3-7-16/h1-9,12-13,15,21-22,27H,10-11,14H2,(H,26,28)(H,29,31)(H,30,34)(H,32,33). The van der Waals surface area contributed by atoms with Gasteiger partial charge in [-0.05, 0) is 17.2 Å². The van der Waals surface area contributed by atoms with Crippen LogP contribution in [-0.4, -0.2) is 50.1 Å². The second-order valence-corrected chi connectivity index (χ2v) is 8.00. The predicted molar refractivity (Wildman–Crippen MR) is 127 cm³/mol. The molecular formula is C25H25N5O5. The number of hydrogen-bond acceptors (Lipinski definition) is 5. The van der Waals surface area contributed by atoms with Crippen LogP contribution in [0, 0.1) is 0 Å². The van der Waals surface area contributed by atoms with Gasteiger partial charge in [0.05, 0.1) is 6.33 Å². The molecule has 10 heteroatoms. The number of nitrogens with zero attached hydrogens (tertiary/aromatic N) is 1. The van der Waals surface area contributed by atoms with E-state index in [9.17, 15) is 19.5 Å². The topological polar surface area (TPSA) is 149 Å². The first-order chi connectivity index (χ1) is 17.0. The van der Waals surface area contributed by atoms with Gasteiger partial charge in [0, 0.05) is 41.8 Å². The fourth-order valence-corrected chi connectivity index (χ4v) is 3.73. The molecule has 2 aromatic carbocycles. The molecule has 5 N–H and O–H groups in total. The third-order valence-electron chi connectivity index (χ3n) is 5.51. The van der Waals surface area contributed by atoms with Gasteiger partial charge in [0.15, 0.2) is 0 Å². The van der Waals surface area contributed by atoms with Gasteiger partial charge >= 0.3 is 12.1 Å². The fraction of sp³-hybridized carbons (Fsp3) is 0.200. The van der Waals surface area contributed by atoms with E-state index in [0.717, 1.165) is 22.0 Å². The Balaban J connectivity index is 1.44. The summed E-state index contributed by atoms with van der Waals surface area (Å²) >= 11 is 0. The summed E-state index contributed by atoms with van der Waals surface area (Å²) in [7, 11) is 0. The molecule has 0 aliphatic heterocycles. The van der Waals surface area contributed by atoms with Gasteiger partial charge in [-0.25, -0.2) is 14.6 Å². The van der Waals surface area contributed by atoms with Gasteiger partial charge in [-0.2, -0.15) is 0 Å². The Morgan fingerprint density at radius 2 is 1.71 bits per heavy atom. The number of carboxylic acids is 1. The summed E-state index contributed by atoms with van der Waals surface area (Å²) in [5.41, 5.74) is 3.02. The van der Waals surface area contributed by atoms with Gasteiger partial charge in [0.2, 0.25) is 5.91 Å². The lowest BCUT2D eigenvalue weighted by atomic mass is 10.0. The number of aromatic amines is 2. The van der Waals surface area contributed by atoms with Crippen LogP contribution in [0.1, 0.15) is 16.8 Å². The number of carbonyl (C=O) groups is 3. The lowest BCUT2D eigenvalue weighted by Crippen LogP contribution is -2.53. The van der Waals surface area contributed by atoms with E-state index in [4.69, 9.17) is 4.74 Å². The van der Waals surface area contributed by atoms with Crippen molar-refractivity contribution in [1.82, 2.24) is 25.6 Å². The molecule has 2 atom stereocenters. The molecule has 2 heterocycles. The predicted octanol–water partition coefficient (Wildman–Crippen LogP) is 2.54. The van der Waals surface area contributed by atoms with Crippen molar-refractivity contribution in [3.05, 3.63) is 90.1 Å². The van der Waals surface area contributed by atoms with Gasteiger partial charge in [0.1, 0.15) is 18.7 Å². The van der Waals surface area contributed by atoms with Crippen LogP contribution in [0.2, 0.25) is 0 Å². The summed E-state index contributed by atoms with van der Waals surface area (Å²) in [5.74, 6) is -1.83. The smallest absolute Gasteiger partial charge is 0.408 e. The summed E-state index contributed by atoms with van der Waals surface area (Å²) < 4.78 is 5.24. The highest BCUT2D eigenvalue weighted by Gasteiger charge is 2.28. The van der Waals surface area contributed by atoms with Crippen LogP contribution in [-0.2, 0) is 33.8 Å². The number of alkyl carbamates (subject to hydrolysis) is 1. The molecule has 4 rings (SSSR count). The van der Waals surface area contributed by atoms with Crippen molar-refractivity contribution in [3.63, 3.8) is 0 Å². The van der Waals surface area contributed by atoms with Crippen LogP contribution in [0.3, 0.4) is 0 Å². The van der Waals surface area contributed by atoms with Crippen molar-refractivity contribution >= 4 is 28.9 Å². The fourth-order valence-electron chi connectivity index (χ4n) is 3.73. The van der Waals surface area contributed by atoms with Crippen LogP contribution in [0.15, 0.2) is 73.3 Å². The number of ether oxygens (including phenoxy) is 1. The van der Waals surface area contributed by atoms with E-state index in [1.165, 1.54) is 12.5 Å². The molecule has 0 aliphatic rings. The third-order valence-corrected chi connectivity index (χ3v) is 5.51. The average Bonchev–Trinajstić information content (AvgIpc) is 3.52. The number of aliphatic carboxylic acids is 1. The maximum Gasteiger partial charge on any atom is 0.408 e. The molecule has 2 amide bonds. The minimum absolute atomic E-state index is 0.0311. The molecule has 4 aromatic rings. The molecule has 35 heavy (non-hydrogen) atoms. The summed E-state index contributed by atoms with van der Waals surface area (Å²) in [5, 5.41) is 15.7. The van der Waals surface area contributed by atoms with Gasteiger partial charge in [-0.1, -0.05) is 48.5 Å². The number of carboxylic acid groups (broad SMARTS) is 1. The molecule has 0 spiro atoms. The molecule has 0 radical (unpaired) electrons. The van der Waals surface area contributed by atoms with Crippen LogP contribution in [0.4, 0.5) is 4.79 Å². The number of aromatic nitrogens is 3. The summed E-state index contributed by atoms with van der Waals surface area (Å²) in [6, 6.07) is 14.3. The molecule has 2 unspecified atom stereocenters. The minimum atomic E-state index is -1.20. The molecule has 0 aliphatic carbocycles. The van der Waals surface area contributed by atoms with Crippen molar-refractivity contribution in [2.24, 2.45) is 0 Å². The number of amides is 2. The Labute approximate surface area is 200 Å². The van der Waals surface area contributed by atoms with Crippen molar-refractivity contribution in [1.29, 1.82) is 0 Å². The first kappa shape index (κ1) is 23.6. The van der Waals surface area contributed by atoms with E-state index in [1.807, 2.05) is 54.6 Å². The molecule has 2 aromatic heterocycles. The average molecular weight is 476 g/mol. The third kappa shape index (κ3) is 6.26. The maximum absolute atomic E-state index is 13.1. The molecule has 0 fully saturated rings. The second kappa shape index (κ2) is 11.0. The Morgan fingerprint density at radius 1 is 0.943 bits per heavy atom. The highest BCUT2D eigenvalue weighted by molar-refractivity contribution is 5.90. The van der Waals surface area contributed by atoms with Crippen molar-refractivity contribution < 1.29 is 24.2 Å². The first-order valence-corrected chi connectivity index (χ1v) is 11.0. The zero-order valence-electron chi connectivity index (χ0n) is 18.7. The molecule has 0 saturated carbocycles. The van der Waals surface area contributed by atoms with E-state index in [1.54, 1.807) is 6.20 Å². The van der Waals surface area contributed by atoms with E-state index < -0.39 is 30.1 Å². The Morgan fingerprint density at radius 3 is 2.46 bits per heavy atom. The number of para-hydroxylation sites is 1. The van der Waals surface area contributed by atoms with Crippen molar-refractivity contribution in [2.75, 3.05) is 0 Å². The van der Waals surface area contributed by atoms with Crippen molar-refractivity contribution in [3.8, 4) is 0 Å². The Bertz CT molecular complexity index is 1290. The van der Waals surface area contributed by atoms with Gasteiger partial charge in [0.25, 0.3) is 0 Å². The first-order valence-electron chi connectivity index (χ1n) is 11.0. The van der Waals surface area contributed by atoms with Crippen LogP contribution < -0.4 is 10.6 Å². The minimum Gasteiger partial charge on any atom is -0.480 e. The number of rotatable bonds is 10. The van der Waals surface area contributed by atoms with Crippen LogP contribution in [0.25, 0.3) is 10.9 Å². The number of carbonyl (C=O) groups excluding carboxylic acids is 2. The lowest BCUT2D eigenvalue weighted by Gasteiger charge is -2.21. The SMILES string of the molecule is O=C(NC(Cc1cnc[nH]1)C(=O)NC(Cc1c[nH]c2ccccc12)C(=O)O)OCc1ccccc1. The largest absolute Gasteiger partial charge is 0.480 e. The normalized spacial score (nSPS) is 12.6. The summed E-state index contributed by atoms with van der Waals surface area (Å²) in [6.45, 7) is 0.0311. The molecular weight excluding hydrogens is 450 g/mol. The van der Waals surface area contributed by atoms with E-state index in [-0.39, 0.29) is 19.4 Å². The van der Waals surface area contributed by atoms with E-state index in [0.29, 0.717) is 5.69 Å². The van der Waals surface area contributed by atoms with Crippen molar-refractivity contribution in [2.45, 2.75) is 31.5 Å². The van der Waals surface area contributed by atoms with Crippen LogP contribution in [0.5, 0.6) is 0 Å². The van der Waals surface area contributed by atoms with E-state index >= 15 is 0 Å². The number of hydrogen-bond donors (Lipinski definition) is 5. The summed E-state index contributed by atoms with van der Waals surface area (Å²) in [6.07, 6.45) is 4.06. The molecule has 0 saturated heterocycles. The van der Waals surface area contributed by atoms with Gasteiger partial charge in [-0.15, -0.1) is 0 Å². The molecule has 10 nitrogen and oxygen atoms in total. The number of benzene rings is 2. The highest BCUT2D eigenvalue weighted by Crippen LogP contribution is 2.19. The number of H-pyrrole nitrogens is 2. The maximum atomic E-state index is 13.1. The zero-order chi connectivity index (χ0) is 24.6. The van der Waals surface area contributed by atoms with E-state index in [2.05, 4.69) is 25.6 Å².